The number of H-pyrrole nitrogens is 1. The summed E-state index contributed by atoms with van der Waals surface area (Å²) in [5.41, 5.74) is 3.68. The number of benzene rings is 2. The van der Waals surface area contributed by atoms with E-state index < -0.39 is 0 Å². The molecule has 0 atom stereocenters. The van der Waals surface area contributed by atoms with Crippen LogP contribution < -0.4 is 15.1 Å². The Hall–Kier alpha value is -4.08. The van der Waals surface area contributed by atoms with Crippen LogP contribution in [0.3, 0.4) is 0 Å². The van der Waals surface area contributed by atoms with Gasteiger partial charge in [-0.05, 0) is 67.3 Å². The Kier molecular flexibility index (Phi) is 7.08. The van der Waals surface area contributed by atoms with Gasteiger partial charge < -0.3 is 20.1 Å². The van der Waals surface area contributed by atoms with Crippen molar-refractivity contribution in [3.05, 3.63) is 77.5 Å². The summed E-state index contributed by atoms with van der Waals surface area (Å²) in [4.78, 5) is 33.8. The number of hydrogen-bond donors (Lipinski definition) is 2. The van der Waals surface area contributed by atoms with Gasteiger partial charge in [0.15, 0.2) is 11.3 Å². The first-order chi connectivity index (χ1) is 19.0. The van der Waals surface area contributed by atoms with Crippen LogP contribution in [0.4, 0.5) is 20.2 Å². The monoisotopic (exact) mass is 531 g/mol. The fraction of sp³-hybridized carbons (Fsp3) is 0.379. The van der Waals surface area contributed by atoms with Gasteiger partial charge in [0.2, 0.25) is 0 Å². The van der Waals surface area contributed by atoms with Gasteiger partial charge in [0.1, 0.15) is 29.3 Å². The number of nitrogens with zero attached hydrogens (tertiary/aromatic N) is 5. The molecule has 1 aliphatic heterocycles. The summed E-state index contributed by atoms with van der Waals surface area (Å²) in [6.45, 7) is 3.22. The molecule has 8 nitrogen and oxygen atoms in total. The Balaban J connectivity index is 1.13. The van der Waals surface area contributed by atoms with E-state index in [1.807, 2.05) is 6.07 Å². The van der Waals surface area contributed by atoms with Crippen molar-refractivity contribution in [3.8, 4) is 0 Å². The lowest BCUT2D eigenvalue weighted by molar-refractivity contribution is 0.0947. The van der Waals surface area contributed by atoms with Gasteiger partial charge >= 0.3 is 0 Å². The third kappa shape index (κ3) is 5.55. The molecule has 10 heteroatoms. The number of aromatic nitrogens is 4. The Labute approximate surface area is 225 Å². The SMILES string of the molecule is O=C(NCc1cc(F)cc(N2CCCN(c3ccc(F)cc3)CC2)c1)c1ncnc2nc(C3CCCC3)[nH]c12. The molecule has 2 aromatic heterocycles. The average molecular weight is 532 g/mol. The minimum Gasteiger partial charge on any atom is -0.370 e. The molecule has 39 heavy (non-hydrogen) atoms. The van der Waals surface area contributed by atoms with Crippen LogP contribution in [0.2, 0.25) is 0 Å². The second kappa shape index (κ2) is 11.0. The first-order valence-corrected chi connectivity index (χ1v) is 13.6. The smallest absolute Gasteiger partial charge is 0.272 e. The summed E-state index contributed by atoms with van der Waals surface area (Å²) in [7, 11) is 0. The molecule has 0 spiro atoms. The zero-order valence-corrected chi connectivity index (χ0v) is 21.7. The number of carbonyl (C=O) groups excluding carboxylic acids is 1. The van der Waals surface area contributed by atoms with Gasteiger partial charge in [0, 0.05) is 50.0 Å². The van der Waals surface area contributed by atoms with E-state index in [2.05, 4.69) is 35.1 Å². The molecule has 202 valence electrons. The number of nitrogens with one attached hydrogen (secondary N) is 2. The molecular formula is C29H31F2N7O. The van der Waals surface area contributed by atoms with E-state index in [1.165, 1.54) is 43.4 Å². The molecule has 2 aliphatic rings. The fourth-order valence-corrected chi connectivity index (χ4v) is 5.68. The molecule has 6 rings (SSSR count). The van der Waals surface area contributed by atoms with Gasteiger partial charge in [0.25, 0.3) is 5.91 Å². The van der Waals surface area contributed by atoms with E-state index in [-0.39, 0.29) is 29.8 Å². The molecule has 1 saturated heterocycles. The number of imidazole rings is 1. The first kappa shape index (κ1) is 25.2. The Bertz CT molecular complexity index is 1470. The summed E-state index contributed by atoms with van der Waals surface area (Å²) < 4.78 is 28.0. The molecular weight excluding hydrogens is 500 g/mol. The van der Waals surface area contributed by atoms with Gasteiger partial charge in [0.05, 0.1) is 0 Å². The van der Waals surface area contributed by atoms with Gasteiger partial charge in [-0.2, -0.15) is 0 Å². The van der Waals surface area contributed by atoms with Crippen molar-refractivity contribution in [3.63, 3.8) is 0 Å². The molecule has 3 heterocycles. The van der Waals surface area contributed by atoms with Crippen LogP contribution >= 0.6 is 0 Å². The lowest BCUT2D eigenvalue weighted by Crippen LogP contribution is -2.31. The van der Waals surface area contributed by atoms with Crippen molar-refractivity contribution in [1.29, 1.82) is 0 Å². The van der Waals surface area contributed by atoms with Crippen LogP contribution in [-0.2, 0) is 6.54 Å². The largest absolute Gasteiger partial charge is 0.370 e. The minimum absolute atomic E-state index is 0.161. The lowest BCUT2D eigenvalue weighted by Gasteiger charge is -2.25. The fourth-order valence-electron chi connectivity index (χ4n) is 5.68. The van der Waals surface area contributed by atoms with Crippen molar-refractivity contribution in [2.24, 2.45) is 0 Å². The van der Waals surface area contributed by atoms with E-state index in [9.17, 15) is 13.6 Å². The molecule has 4 aromatic rings. The zero-order valence-electron chi connectivity index (χ0n) is 21.7. The molecule has 2 N–H and O–H groups in total. The number of rotatable bonds is 6. The van der Waals surface area contributed by atoms with E-state index in [4.69, 9.17) is 0 Å². The first-order valence-electron chi connectivity index (χ1n) is 13.6. The van der Waals surface area contributed by atoms with Crippen LogP contribution in [0.5, 0.6) is 0 Å². The zero-order chi connectivity index (χ0) is 26.8. The predicted molar refractivity (Wildman–Crippen MR) is 146 cm³/mol. The normalized spacial score (nSPS) is 16.6. The highest BCUT2D eigenvalue weighted by molar-refractivity contribution is 6.02. The second-order valence-corrected chi connectivity index (χ2v) is 10.3. The quantitative estimate of drug-likeness (QED) is 0.367. The molecule has 1 saturated carbocycles. The highest BCUT2D eigenvalue weighted by Crippen LogP contribution is 2.33. The second-order valence-electron chi connectivity index (χ2n) is 10.3. The van der Waals surface area contributed by atoms with Crippen molar-refractivity contribution in [2.75, 3.05) is 36.0 Å². The third-order valence-electron chi connectivity index (χ3n) is 7.71. The van der Waals surface area contributed by atoms with Crippen molar-refractivity contribution in [1.82, 2.24) is 25.3 Å². The molecule has 0 radical (unpaired) electrons. The number of carbonyl (C=O) groups is 1. The summed E-state index contributed by atoms with van der Waals surface area (Å²) >= 11 is 0. The van der Waals surface area contributed by atoms with Crippen LogP contribution in [0.25, 0.3) is 11.2 Å². The lowest BCUT2D eigenvalue weighted by atomic mass is 10.1. The van der Waals surface area contributed by atoms with E-state index in [0.717, 1.165) is 56.1 Å². The molecule has 1 aliphatic carbocycles. The van der Waals surface area contributed by atoms with Gasteiger partial charge in [-0.3, -0.25) is 4.79 Å². The molecule has 0 unspecified atom stereocenters. The number of amides is 1. The molecule has 1 amide bonds. The predicted octanol–water partition coefficient (Wildman–Crippen LogP) is 4.94. The number of fused-ring (bicyclic) bond motifs is 1. The van der Waals surface area contributed by atoms with E-state index >= 15 is 0 Å². The van der Waals surface area contributed by atoms with Crippen LogP contribution in [-0.4, -0.2) is 52.0 Å². The van der Waals surface area contributed by atoms with Crippen molar-refractivity contribution < 1.29 is 13.6 Å². The summed E-state index contributed by atoms with van der Waals surface area (Å²) in [6.07, 6.45) is 6.76. The molecule has 2 fully saturated rings. The molecule has 2 aromatic carbocycles. The van der Waals surface area contributed by atoms with Crippen molar-refractivity contribution >= 4 is 28.4 Å². The van der Waals surface area contributed by atoms with E-state index in [0.29, 0.717) is 29.2 Å². The molecule has 0 bridgehead atoms. The highest BCUT2D eigenvalue weighted by atomic mass is 19.1. The maximum Gasteiger partial charge on any atom is 0.272 e. The standard InChI is InChI=1S/C29H31F2N7O/c30-21-6-8-23(9-7-21)37-10-3-11-38(13-12-37)24-15-19(14-22(31)16-24)17-32-29(39)26-25-28(34-18-33-26)36-27(35-25)20-4-1-2-5-20/h6-9,14-16,18,20H,1-5,10-13,17H2,(H,32,39)(H,33,34,35,36). The summed E-state index contributed by atoms with van der Waals surface area (Å²) in [6, 6.07) is 11.4. The number of aromatic amines is 1. The van der Waals surface area contributed by atoms with Gasteiger partial charge in [-0.15, -0.1) is 0 Å². The van der Waals surface area contributed by atoms with Crippen LogP contribution in [0.15, 0.2) is 48.8 Å². The van der Waals surface area contributed by atoms with Gasteiger partial charge in [-0.25, -0.2) is 23.7 Å². The maximum absolute atomic E-state index is 14.7. The van der Waals surface area contributed by atoms with Crippen LogP contribution in [0, 0.1) is 11.6 Å². The average Bonchev–Trinajstić information content (AvgIpc) is 3.57. The van der Waals surface area contributed by atoms with Crippen LogP contribution in [0.1, 0.15) is 59.9 Å². The highest BCUT2D eigenvalue weighted by Gasteiger charge is 2.23. The summed E-state index contributed by atoms with van der Waals surface area (Å²) in [5.74, 6) is 0.261. The van der Waals surface area contributed by atoms with E-state index in [1.54, 1.807) is 12.1 Å². The number of hydrogen-bond acceptors (Lipinski definition) is 6. The Morgan fingerprint density at radius 3 is 2.41 bits per heavy atom. The maximum atomic E-state index is 14.7. The van der Waals surface area contributed by atoms with Crippen molar-refractivity contribution in [2.45, 2.75) is 44.6 Å². The number of halogens is 2. The third-order valence-corrected chi connectivity index (χ3v) is 7.71. The topological polar surface area (TPSA) is 90.0 Å². The Morgan fingerprint density at radius 2 is 1.64 bits per heavy atom. The number of anilines is 2. The minimum atomic E-state index is -0.362. The Morgan fingerprint density at radius 1 is 0.897 bits per heavy atom. The summed E-state index contributed by atoms with van der Waals surface area (Å²) in [5, 5.41) is 2.89. The van der Waals surface area contributed by atoms with Gasteiger partial charge in [-0.1, -0.05) is 12.8 Å².